The summed E-state index contributed by atoms with van der Waals surface area (Å²) in [4.78, 5) is 0. The van der Waals surface area contributed by atoms with Gasteiger partial charge in [0.15, 0.2) is 11.5 Å². The van der Waals surface area contributed by atoms with E-state index < -0.39 is 5.51 Å². The van der Waals surface area contributed by atoms with Crippen LogP contribution in [0, 0.1) is 0 Å². The van der Waals surface area contributed by atoms with Crippen LogP contribution in [0.2, 0.25) is 0 Å². The quantitative estimate of drug-likeness (QED) is 0.816. The molecule has 1 atom stereocenters. The van der Waals surface area contributed by atoms with Crippen molar-refractivity contribution >= 4 is 11.8 Å². The lowest BCUT2D eigenvalue weighted by molar-refractivity contribution is -0.0329. The lowest BCUT2D eigenvalue weighted by Gasteiger charge is -2.14. The van der Waals surface area contributed by atoms with Crippen LogP contribution in [0.1, 0.15) is 12.5 Å². The maximum atomic E-state index is 12.1. The molecule has 118 valence electrons. The molecule has 1 heterocycles. The number of nitrogens with two attached hydrogens (primary N) is 1. The van der Waals surface area contributed by atoms with Crippen LogP contribution in [0.15, 0.2) is 12.1 Å². The topological polar surface area (TPSA) is 53.7 Å². The van der Waals surface area contributed by atoms with Crippen molar-refractivity contribution in [2.75, 3.05) is 19.2 Å². The van der Waals surface area contributed by atoms with Gasteiger partial charge in [-0.3, -0.25) is 0 Å². The fourth-order valence-electron chi connectivity index (χ4n) is 1.92. The maximum Gasteiger partial charge on any atom is 0.441 e. The zero-order valence-corrected chi connectivity index (χ0v) is 12.2. The van der Waals surface area contributed by atoms with Gasteiger partial charge in [0.25, 0.3) is 0 Å². The fraction of sp³-hybridized carbons (Fsp3) is 0.538. The Balaban J connectivity index is 2.02. The van der Waals surface area contributed by atoms with Gasteiger partial charge >= 0.3 is 5.51 Å². The van der Waals surface area contributed by atoms with Gasteiger partial charge in [-0.1, -0.05) is 0 Å². The Morgan fingerprint density at radius 1 is 1.33 bits per heavy atom. The van der Waals surface area contributed by atoms with Gasteiger partial charge in [0.2, 0.25) is 6.79 Å². The molecule has 2 rings (SSSR count). The molecule has 0 aliphatic carbocycles. The maximum absolute atomic E-state index is 12.1. The van der Waals surface area contributed by atoms with Crippen LogP contribution in [0.3, 0.4) is 0 Å². The lowest BCUT2D eigenvalue weighted by Crippen LogP contribution is -2.18. The number of benzene rings is 1. The van der Waals surface area contributed by atoms with Crippen LogP contribution in [-0.4, -0.2) is 30.7 Å². The minimum atomic E-state index is -4.24. The third kappa shape index (κ3) is 4.89. The van der Waals surface area contributed by atoms with E-state index in [9.17, 15) is 13.2 Å². The molecule has 0 saturated heterocycles. The Morgan fingerprint density at radius 2 is 2.00 bits per heavy atom. The fourth-order valence-corrected chi connectivity index (χ4v) is 2.31. The van der Waals surface area contributed by atoms with Gasteiger partial charge in [-0.25, -0.2) is 0 Å². The molecular formula is C13H16F3NO3S. The first kappa shape index (κ1) is 16.1. The first-order chi connectivity index (χ1) is 9.85. The number of thioether (sulfide) groups is 1. The molecule has 2 N–H and O–H groups in total. The van der Waals surface area contributed by atoms with E-state index in [1.807, 2.05) is 6.92 Å². The van der Waals surface area contributed by atoms with Crippen molar-refractivity contribution in [3.05, 3.63) is 17.7 Å². The van der Waals surface area contributed by atoms with E-state index in [4.69, 9.17) is 19.9 Å². The van der Waals surface area contributed by atoms with Crippen LogP contribution in [0.25, 0.3) is 0 Å². The van der Waals surface area contributed by atoms with Gasteiger partial charge in [-0.2, -0.15) is 13.2 Å². The standard InChI is InChI=1S/C13H16F3NO3S/c1-8(17)4-9-5-11-12(20-7-19-11)6-10(9)18-2-3-21-13(14,15)16/h5-6,8H,2-4,7,17H2,1H3. The second-order valence-corrected chi connectivity index (χ2v) is 5.80. The minimum absolute atomic E-state index is 0.0459. The highest BCUT2D eigenvalue weighted by molar-refractivity contribution is 8.00. The molecule has 4 nitrogen and oxygen atoms in total. The molecule has 0 fully saturated rings. The molecule has 0 spiro atoms. The van der Waals surface area contributed by atoms with E-state index in [1.165, 1.54) is 0 Å². The molecule has 0 saturated carbocycles. The van der Waals surface area contributed by atoms with E-state index in [-0.39, 0.29) is 37.0 Å². The molecule has 1 aliphatic heterocycles. The SMILES string of the molecule is CC(N)Cc1cc2c(cc1OCCSC(F)(F)F)OCO2. The second kappa shape index (κ2) is 6.65. The summed E-state index contributed by atoms with van der Waals surface area (Å²) in [5, 5.41) is 0. The van der Waals surface area contributed by atoms with Gasteiger partial charge in [-0.15, -0.1) is 0 Å². The Hall–Kier alpha value is -1.28. The summed E-state index contributed by atoms with van der Waals surface area (Å²) in [5.74, 6) is 1.44. The lowest BCUT2D eigenvalue weighted by atomic mass is 10.1. The summed E-state index contributed by atoms with van der Waals surface area (Å²) >= 11 is -0.108. The van der Waals surface area contributed by atoms with E-state index in [2.05, 4.69) is 0 Å². The number of hydrogen-bond acceptors (Lipinski definition) is 5. The summed E-state index contributed by atoms with van der Waals surface area (Å²) in [7, 11) is 0. The number of alkyl halides is 3. The largest absolute Gasteiger partial charge is 0.492 e. The summed E-state index contributed by atoms with van der Waals surface area (Å²) in [6, 6.07) is 3.30. The van der Waals surface area contributed by atoms with Gasteiger partial charge in [0.05, 0.1) is 6.61 Å². The van der Waals surface area contributed by atoms with Crippen LogP contribution in [0.4, 0.5) is 13.2 Å². The minimum Gasteiger partial charge on any atom is -0.492 e. The van der Waals surface area contributed by atoms with E-state index >= 15 is 0 Å². The Bertz CT molecular complexity index is 494. The number of rotatable bonds is 6. The summed E-state index contributed by atoms with van der Waals surface area (Å²) in [6.45, 7) is 1.92. The summed E-state index contributed by atoms with van der Waals surface area (Å²) in [6.07, 6.45) is 0.540. The second-order valence-electron chi connectivity index (χ2n) is 4.64. The van der Waals surface area contributed by atoms with Crippen molar-refractivity contribution in [2.45, 2.75) is 24.9 Å². The summed E-state index contributed by atoms with van der Waals surface area (Å²) < 4.78 is 52.2. The number of hydrogen-bond donors (Lipinski definition) is 1. The van der Waals surface area contributed by atoms with Gasteiger partial charge in [0.1, 0.15) is 5.75 Å². The first-order valence-corrected chi connectivity index (χ1v) is 7.35. The highest BCUT2D eigenvalue weighted by Crippen LogP contribution is 2.39. The molecular weight excluding hydrogens is 307 g/mol. The van der Waals surface area contributed by atoms with Gasteiger partial charge in [0, 0.05) is 17.9 Å². The van der Waals surface area contributed by atoms with Crippen molar-refractivity contribution in [3.8, 4) is 17.2 Å². The van der Waals surface area contributed by atoms with Crippen LogP contribution < -0.4 is 19.9 Å². The van der Waals surface area contributed by atoms with Gasteiger partial charge < -0.3 is 19.9 Å². The molecule has 1 aromatic carbocycles. The predicted octanol–water partition coefficient (Wildman–Crippen LogP) is 2.94. The van der Waals surface area contributed by atoms with Crippen molar-refractivity contribution in [2.24, 2.45) is 5.73 Å². The van der Waals surface area contributed by atoms with Crippen LogP contribution in [-0.2, 0) is 6.42 Å². The third-order valence-corrected chi connectivity index (χ3v) is 3.40. The highest BCUT2D eigenvalue weighted by atomic mass is 32.2. The van der Waals surface area contributed by atoms with Crippen molar-refractivity contribution < 1.29 is 27.4 Å². The Kier molecular flexibility index (Phi) is 5.10. The average Bonchev–Trinajstić information content (AvgIpc) is 2.79. The predicted molar refractivity (Wildman–Crippen MR) is 73.9 cm³/mol. The van der Waals surface area contributed by atoms with Gasteiger partial charge in [-0.05, 0) is 36.7 Å². The monoisotopic (exact) mass is 323 g/mol. The number of halogens is 3. The molecule has 21 heavy (non-hydrogen) atoms. The van der Waals surface area contributed by atoms with E-state index in [1.54, 1.807) is 12.1 Å². The average molecular weight is 323 g/mol. The van der Waals surface area contributed by atoms with Crippen LogP contribution in [0.5, 0.6) is 17.2 Å². The third-order valence-electron chi connectivity index (χ3n) is 2.70. The van der Waals surface area contributed by atoms with E-state index in [0.717, 1.165) is 5.56 Å². The molecule has 1 aromatic rings. The number of ether oxygens (including phenoxy) is 3. The molecule has 0 aromatic heterocycles. The zero-order chi connectivity index (χ0) is 15.5. The van der Waals surface area contributed by atoms with Crippen molar-refractivity contribution in [1.82, 2.24) is 0 Å². The Labute approximate surface area is 124 Å². The molecule has 1 unspecified atom stereocenters. The molecule has 0 amide bonds. The smallest absolute Gasteiger partial charge is 0.441 e. The molecule has 8 heteroatoms. The normalized spacial score (nSPS) is 15.1. The molecule has 0 bridgehead atoms. The zero-order valence-electron chi connectivity index (χ0n) is 11.4. The Morgan fingerprint density at radius 3 is 2.62 bits per heavy atom. The van der Waals surface area contributed by atoms with E-state index in [0.29, 0.717) is 23.7 Å². The summed E-state index contributed by atoms with van der Waals surface area (Å²) in [5.41, 5.74) is 2.32. The van der Waals surface area contributed by atoms with Crippen LogP contribution >= 0.6 is 11.8 Å². The highest BCUT2D eigenvalue weighted by Gasteiger charge is 2.27. The first-order valence-electron chi connectivity index (χ1n) is 6.37. The molecule has 0 radical (unpaired) electrons. The number of fused-ring (bicyclic) bond motifs is 1. The molecule has 1 aliphatic rings. The van der Waals surface area contributed by atoms with Crippen molar-refractivity contribution in [1.29, 1.82) is 0 Å². The van der Waals surface area contributed by atoms with Crippen molar-refractivity contribution in [3.63, 3.8) is 0 Å².